The highest BCUT2D eigenvalue weighted by Crippen LogP contribution is 2.09. The fourth-order valence-electron chi connectivity index (χ4n) is 1.82. The molecule has 5 nitrogen and oxygen atoms in total. The van der Waals surface area contributed by atoms with Gasteiger partial charge in [0.1, 0.15) is 5.75 Å². The highest BCUT2D eigenvalue weighted by molar-refractivity contribution is 5.20. The summed E-state index contributed by atoms with van der Waals surface area (Å²) in [6.45, 7) is 3.48. The molecule has 0 radical (unpaired) electrons. The quantitative estimate of drug-likeness (QED) is 0.776. The number of para-hydroxylation sites is 1. The molecular weight excluding hydrogens is 240 g/mol. The number of nitrogen functional groups attached to an aromatic ring is 1. The Bertz CT molecular complexity index is 495. The first-order valence-electron chi connectivity index (χ1n) is 6.66. The van der Waals surface area contributed by atoms with Gasteiger partial charge < -0.3 is 10.5 Å². The van der Waals surface area contributed by atoms with E-state index in [1.165, 1.54) is 0 Å². The number of nitrogens with two attached hydrogens (primary N) is 1. The van der Waals surface area contributed by atoms with Crippen molar-refractivity contribution in [3.8, 4) is 5.75 Å². The summed E-state index contributed by atoms with van der Waals surface area (Å²) >= 11 is 0. The van der Waals surface area contributed by atoms with Gasteiger partial charge in [0.05, 0.1) is 6.61 Å². The molecule has 0 bridgehead atoms. The van der Waals surface area contributed by atoms with E-state index >= 15 is 0 Å². The van der Waals surface area contributed by atoms with E-state index < -0.39 is 0 Å². The number of anilines is 1. The Kier molecular flexibility index (Phi) is 4.78. The first kappa shape index (κ1) is 13.4. The molecule has 0 aliphatic rings. The molecule has 1 aromatic heterocycles. The third kappa shape index (κ3) is 3.98. The van der Waals surface area contributed by atoms with E-state index in [0.717, 1.165) is 37.4 Å². The van der Waals surface area contributed by atoms with Crippen LogP contribution in [0.3, 0.4) is 0 Å². The maximum atomic E-state index is 5.81. The van der Waals surface area contributed by atoms with Gasteiger partial charge in [-0.05, 0) is 18.6 Å². The van der Waals surface area contributed by atoms with Gasteiger partial charge in [0.2, 0.25) is 5.95 Å². The normalized spacial score (nSPS) is 10.6. The lowest BCUT2D eigenvalue weighted by atomic mass is 10.3. The molecule has 0 unspecified atom stereocenters. The van der Waals surface area contributed by atoms with E-state index in [-0.39, 0.29) is 0 Å². The highest BCUT2D eigenvalue weighted by atomic mass is 16.5. The molecule has 2 aromatic rings. The van der Waals surface area contributed by atoms with Gasteiger partial charge in [0.15, 0.2) is 5.82 Å². The Balaban J connectivity index is 1.76. The molecule has 1 heterocycles. The van der Waals surface area contributed by atoms with Crippen LogP contribution in [0.15, 0.2) is 30.3 Å². The fourth-order valence-corrected chi connectivity index (χ4v) is 1.82. The minimum absolute atomic E-state index is 0.489. The Morgan fingerprint density at radius 3 is 2.79 bits per heavy atom. The molecule has 19 heavy (non-hydrogen) atoms. The molecule has 102 valence electrons. The van der Waals surface area contributed by atoms with Crippen molar-refractivity contribution < 1.29 is 4.74 Å². The van der Waals surface area contributed by atoms with Gasteiger partial charge in [-0.1, -0.05) is 25.1 Å². The highest BCUT2D eigenvalue weighted by Gasteiger charge is 2.05. The lowest BCUT2D eigenvalue weighted by Gasteiger charge is -2.06. The van der Waals surface area contributed by atoms with Crippen LogP contribution >= 0.6 is 0 Å². The zero-order valence-corrected chi connectivity index (χ0v) is 11.2. The second-order valence-electron chi connectivity index (χ2n) is 4.37. The molecule has 0 fully saturated rings. The van der Waals surface area contributed by atoms with E-state index in [2.05, 4.69) is 17.0 Å². The Morgan fingerprint density at radius 1 is 1.26 bits per heavy atom. The maximum absolute atomic E-state index is 5.81. The molecule has 2 N–H and O–H groups in total. The Morgan fingerprint density at radius 2 is 2.05 bits per heavy atom. The monoisotopic (exact) mass is 260 g/mol. The van der Waals surface area contributed by atoms with Gasteiger partial charge in [-0.25, -0.2) is 4.68 Å². The first-order valence-corrected chi connectivity index (χ1v) is 6.66. The van der Waals surface area contributed by atoms with Gasteiger partial charge in [0.25, 0.3) is 0 Å². The number of ether oxygens (including phenoxy) is 1. The van der Waals surface area contributed by atoms with Crippen LogP contribution in [0.5, 0.6) is 5.75 Å². The number of hydrogen-bond donors (Lipinski definition) is 1. The lowest BCUT2D eigenvalue weighted by molar-refractivity contribution is 0.299. The van der Waals surface area contributed by atoms with Crippen LogP contribution in [0.1, 0.15) is 25.6 Å². The number of hydrogen-bond acceptors (Lipinski definition) is 4. The first-order chi connectivity index (χ1) is 9.29. The summed E-state index contributed by atoms with van der Waals surface area (Å²) in [7, 11) is 0. The number of rotatable bonds is 7. The van der Waals surface area contributed by atoms with Crippen molar-refractivity contribution in [3.05, 3.63) is 36.2 Å². The molecule has 0 saturated heterocycles. The predicted octanol–water partition coefficient (Wildman–Crippen LogP) is 2.28. The van der Waals surface area contributed by atoms with Crippen molar-refractivity contribution in [3.63, 3.8) is 0 Å². The van der Waals surface area contributed by atoms with E-state index in [0.29, 0.717) is 12.6 Å². The molecule has 0 atom stereocenters. The summed E-state index contributed by atoms with van der Waals surface area (Å²) < 4.78 is 7.37. The molecular formula is C14H20N4O. The van der Waals surface area contributed by atoms with Crippen LogP contribution < -0.4 is 10.5 Å². The standard InChI is InChI=1S/C14H20N4O/c1-2-7-13-16-14(15)18(17-13)10-6-11-19-12-8-4-3-5-9-12/h3-5,8-9H,2,6-7,10-11H2,1H3,(H2,15,16,17). The van der Waals surface area contributed by atoms with E-state index in [9.17, 15) is 0 Å². The second kappa shape index (κ2) is 6.78. The zero-order valence-electron chi connectivity index (χ0n) is 11.2. The van der Waals surface area contributed by atoms with E-state index in [4.69, 9.17) is 10.5 Å². The second-order valence-corrected chi connectivity index (χ2v) is 4.37. The molecule has 0 spiro atoms. The van der Waals surface area contributed by atoms with Crippen molar-refractivity contribution in [1.29, 1.82) is 0 Å². The van der Waals surface area contributed by atoms with Crippen molar-refractivity contribution in [2.24, 2.45) is 0 Å². The molecule has 0 aliphatic heterocycles. The zero-order chi connectivity index (χ0) is 13.5. The summed E-state index contributed by atoms with van der Waals surface area (Å²) in [5.74, 6) is 2.20. The van der Waals surface area contributed by atoms with E-state index in [1.54, 1.807) is 4.68 Å². The van der Waals surface area contributed by atoms with Gasteiger partial charge in [-0.15, -0.1) is 0 Å². The van der Waals surface area contributed by atoms with Crippen molar-refractivity contribution >= 4 is 5.95 Å². The van der Waals surface area contributed by atoms with Crippen molar-refractivity contribution in [2.75, 3.05) is 12.3 Å². The SMILES string of the molecule is CCCc1nc(N)n(CCCOc2ccccc2)n1. The summed E-state index contributed by atoms with van der Waals surface area (Å²) in [6.07, 6.45) is 2.76. The van der Waals surface area contributed by atoms with Gasteiger partial charge >= 0.3 is 0 Å². The largest absolute Gasteiger partial charge is 0.494 e. The average molecular weight is 260 g/mol. The van der Waals surface area contributed by atoms with Gasteiger partial charge in [-0.2, -0.15) is 10.1 Å². The number of nitrogens with zero attached hydrogens (tertiary/aromatic N) is 3. The number of benzene rings is 1. The summed E-state index contributed by atoms with van der Waals surface area (Å²) in [4.78, 5) is 4.23. The van der Waals surface area contributed by atoms with Gasteiger partial charge in [0, 0.05) is 19.4 Å². The summed E-state index contributed by atoms with van der Waals surface area (Å²) in [5.41, 5.74) is 5.81. The van der Waals surface area contributed by atoms with E-state index in [1.807, 2.05) is 30.3 Å². The fraction of sp³-hybridized carbons (Fsp3) is 0.429. The minimum Gasteiger partial charge on any atom is -0.494 e. The topological polar surface area (TPSA) is 66.0 Å². The molecule has 5 heteroatoms. The van der Waals surface area contributed by atoms with Crippen molar-refractivity contribution in [2.45, 2.75) is 32.7 Å². The predicted molar refractivity (Wildman–Crippen MR) is 75.0 cm³/mol. The third-order valence-corrected chi connectivity index (χ3v) is 2.74. The smallest absolute Gasteiger partial charge is 0.218 e. The molecule has 1 aromatic carbocycles. The van der Waals surface area contributed by atoms with Crippen LogP contribution in [-0.4, -0.2) is 21.4 Å². The third-order valence-electron chi connectivity index (χ3n) is 2.74. The number of aromatic nitrogens is 3. The molecule has 0 saturated carbocycles. The van der Waals surface area contributed by atoms with Crippen LogP contribution in [0.25, 0.3) is 0 Å². The summed E-state index contributed by atoms with van der Waals surface area (Å²) in [6, 6.07) is 9.79. The molecule has 0 amide bonds. The average Bonchev–Trinajstić information content (AvgIpc) is 2.77. The van der Waals surface area contributed by atoms with Gasteiger partial charge in [-0.3, -0.25) is 0 Å². The van der Waals surface area contributed by atoms with Crippen molar-refractivity contribution in [1.82, 2.24) is 14.8 Å². The van der Waals surface area contributed by atoms with Crippen LogP contribution in [0.2, 0.25) is 0 Å². The molecule has 0 aliphatic carbocycles. The Labute approximate surface area is 113 Å². The summed E-state index contributed by atoms with van der Waals surface area (Å²) in [5, 5.41) is 4.37. The van der Waals surface area contributed by atoms with Crippen LogP contribution in [0.4, 0.5) is 5.95 Å². The number of aryl methyl sites for hydroxylation is 2. The minimum atomic E-state index is 0.489. The Hall–Kier alpha value is -2.04. The lowest BCUT2D eigenvalue weighted by Crippen LogP contribution is -2.08. The van der Waals surface area contributed by atoms with Crippen LogP contribution in [0, 0.1) is 0 Å². The maximum Gasteiger partial charge on any atom is 0.218 e. The van der Waals surface area contributed by atoms with Crippen LogP contribution in [-0.2, 0) is 13.0 Å². The molecule has 2 rings (SSSR count).